The minimum Gasteiger partial charge on any atom is -0.360 e. The van der Waals surface area contributed by atoms with Gasteiger partial charge in [0.25, 0.3) is 0 Å². The minimum atomic E-state index is 0. The van der Waals surface area contributed by atoms with Crippen molar-refractivity contribution < 1.29 is 32.7 Å². The fourth-order valence-electron chi connectivity index (χ4n) is 0.236. The van der Waals surface area contributed by atoms with E-state index >= 15 is 0 Å². The van der Waals surface area contributed by atoms with Crippen molar-refractivity contribution in [2.24, 2.45) is 0 Å². The van der Waals surface area contributed by atoms with Crippen LogP contribution in [0.1, 0.15) is 20.3 Å². The third-order valence-electron chi connectivity index (χ3n) is 0.471. The summed E-state index contributed by atoms with van der Waals surface area (Å²) in [6.07, 6.45) is 5.39. The van der Waals surface area contributed by atoms with Gasteiger partial charge in [0, 0.05) is 32.7 Å². The van der Waals surface area contributed by atoms with Crippen molar-refractivity contribution in [2.45, 2.75) is 20.3 Å². The first-order valence-electron chi connectivity index (χ1n) is 1.97. The molecule has 0 nitrogen and oxygen atoms in total. The van der Waals surface area contributed by atoms with E-state index in [4.69, 9.17) is 0 Å². The molecule has 35 valence electrons. The van der Waals surface area contributed by atoms with E-state index in [2.05, 4.69) is 26.7 Å². The average Bonchev–Trinajstić information content (AvgIpc) is 1.41. The monoisotopic (exact) mass is 159 g/mol. The zero-order valence-corrected chi connectivity index (χ0v) is 7.28. The van der Waals surface area contributed by atoms with Gasteiger partial charge in [-0.3, -0.25) is 0 Å². The summed E-state index contributed by atoms with van der Waals surface area (Å²) in [4.78, 5) is 0. The molecule has 0 heterocycles. The molecule has 1 radical (unpaired) electrons. The largest absolute Gasteiger partial charge is 0.360 e. The van der Waals surface area contributed by atoms with Crippen LogP contribution in [0.2, 0.25) is 0 Å². The van der Waals surface area contributed by atoms with Crippen LogP contribution < -0.4 is 0 Å². The summed E-state index contributed by atoms with van der Waals surface area (Å²) in [6.45, 7) is 4.11. The molecule has 0 aromatic rings. The van der Waals surface area contributed by atoms with Gasteiger partial charge in [0.05, 0.1) is 0 Å². The Labute approximate surface area is 65.6 Å². The third kappa shape index (κ3) is 8.92. The summed E-state index contributed by atoms with van der Waals surface area (Å²) in [5.41, 5.74) is 0. The van der Waals surface area contributed by atoms with Crippen molar-refractivity contribution in [3.63, 3.8) is 0 Å². The maximum atomic E-state index is 2.12. The first kappa shape index (κ1) is 10.2. The van der Waals surface area contributed by atoms with Crippen LogP contribution in [0.15, 0.2) is 0 Å². The molecular weight excluding hydrogens is 149 g/mol. The van der Waals surface area contributed by atoms with E-state index in [0.717, 1.165) is 6.42 Å². The van der Waals surface area contributed by atoms with E-state index in [9.17, 15) is 0 Å². The molecule has 0 saturated heterocycles. The molecule has 0 aromatic heterocycles. The molecule has 0 rings (SSSR count). The molecule has 6 heavy (non-hydrogen) atoms. The number of hydrogen-bond donors (Lipinski definition) is 0. The average molecular weight is 159 g/mol. The Morgan fingerprint density at radius 1 is 1.17 bits per heavy atom. The molecule has 0 spiro atoms. The molecule has 0 saturated carbocycles. The Balaban J connectivity index is 0. The predicted octanol–water partition coefficient (Wildman–Crippen LogP) is 1.82. The van der Waals surface area contributed by atoms with E-state index in [1.807, 2.05) is 0 Å². The van der Waals surface area contributed by atoms with Gasteiger partial charge in [-0.1, -0.05) is 0 Å². The van der Waals surface area contributed by atoms with E-state index in [-0.39, 0.29) is 32.7 Å². The second-order valence-electron chi connectivity index (χ2n) is 1.05. The summed E-state index contributed by atoms with van der Waals surface area (Å²) in [7, 11) is 0. The molecule has 0 N–H and O–H groups in total. The first-order valence-corrected chi connectivity index (χ1v) is 1.97. The van der Waals surface area contributed by atoms with Gasteiger partial charge >= 0.3 is 0 Å². The Morgan fingerprint density at radius 3 is 1.50 bits per heavy atom. The van der Waals surface area contributed by atoms with Crippen molar-refractivity contribution in [1.29, 1.82) is 0 Å². The molecular formula is C5H10Y-2. The summed E-state index contributed by atoms with van der Waals surface area (Å²) in [6, 6.07) is 0. The van der Waals surface area contributed by atoms with Crippen LogP contribution in [-0.4, -0.2) is 0 Å². The molecule has 0 aromatic carbocycles. The maximum Gasteiger partial charge on any atom is 0 e. The van der Waals surface area contributed by atoms with E-state index in [1.54, 1.807) is 0 Å². The zero-order valence-electron chi connectivity index (χ0n) is 4.44. The molecule has 0 aliphatic heterocycles. The van der Waals surface area contributed by atoms with Crippen molar-refractivity contribution in [3.05, 3.63) is 12.8 Å². The topological polar surface area (TPSA) is 0 Å². The Morgan fingerprint density at radius 2 is 1.50 bits per heavy atom. The number of hydrogen-bond acceptors (Lipinski definition) is 0. The van der Waals surface area contributed by atoms with Crippen LogP contribution in [0, 0.1) is 12.8 Å². The Kier molecular flexibility index (Phi) is 16.0. The quantitative estimate of drug-likeness (QED) is 0.539. The molecule has 0 atom stereocenters. The van der Waals surface area contributed by atoms with Gasteiger partial charge in [0.2, 0.25) is 0 Å². The smallest absolute Gasteiger partial charge is 0 e. The Hall–Kier alpha value is 1.10. The summed E-state index contributed by atoms with van der Waals surface area (Å²) < 4.78 is 0. The molecule has 0 amide bonds. The first-order chi connectivity index (χ1) is 2.41. The van der Waals surface area contributed by atoms with Gasteiger partial charge in [0.1, 0.15) is 0 Å². The second kappa shape index (κ2) is 9.44. The van der Waals surface area contributed by atoms with Gasteiger partial charge in [-0.2, -0.15) is 13.8 Å². The zero-order chi connectivity index (χ0) is 4.12. The third-order valence-corrected chi connectivity index (χ3v) is 0.471. The SMILES string of the molecule is C[CH-]C[CH-]C.[Y]. The number of unbranched alkanes of at least 4 members (excludes halogenated alkanes) is 2. The number of rotatable bonds is 2. The maximum absolute atomic E-state index is 2.12. The summed E-state index contributed by atoms with van der Waals surface area (Å²) in [5, 5.41) is 0. The van der Waals surface area contributed by atoms with Crippen LogP contribution in [0.4, 0.5) is 0 Å². The summed E-state index contributed by atoms with van der Waals surface area (Å²) in [5.74, 6) is 0. The molecule has 0 fully saturated rings. The van der Waals surface area contributed by atoms with E-state index in [0.29, 0.717) is 0 Å². The van der Waals surface area contributed by atoms with Gasteiger partial charge < -0.3 is 19.3 Å². The van der Waals surface area contributed by atoms with E-state index < -0.39 is 0 Å². The van der Waals surface area contributed by atoms with Gasteiger partial charge in [-0.15, -0.1) is 0 Å². The molecule has 0 bridgehead atoms. The Bertz CT molecular complexity index is 11.4. The predicted molar refractivity (Wildman–Crippen MR) is 24.6 cm³/mol. The van der Waals surface area contributed by atoms with Gasteiger partial charge in [-0.25, -0.2) is 0 Å². The molecule has 0 unspecified atom stereocenters. The standard InChI is InChI=1S/C5H10.Y/c1-3-5-4-2;/h3-4H,5H2,1-2H3;/q-2;. The van der Waals surface area contributed by atoms with Gasteiger partial charge in [-0.05, 0) is 0 Å². The van der Waals surface area contributed by atoms with Crippen molar-refractivity contribution in [1.82, 2.24) is 0 Å². The van der Waals surface area contributed by atoms with Crippen LogP contribution in [0.25, 0.3) is 0 Å². The van der Waals surface area contributed by atoms with Crippen LogP contribution in [0.3, 0.4) is 0 Å². The fourth-order valence-corrected chi connectivity index (χ4v) is 0.236. The minimum absolute atomic E-state index is 0. The van der Waals surface area contributed by atoms with E-state index in [1.165, 1.54) is 0 Å². The van der Waals surface area contributed by atoms with Crippen molar-refractivity contribution in [3.8, 4) is 0 Å². The van der Waals surface area contributed by atoms with Crippen molar-refractivity contribution >= 4 is 0 Å². The summed E-state index contributed by atoms with van der Waals surface area (Å²) >= 11 is 0. The molecule has 0 aliphatic rings. The fraction of sp³-hybridized carbons (Fsp3) is 0.600. The van der Waals surface area contributed by atoms with Crippen LogP contribution in [-0.2, 0) is 32.7 Å². The molecule has 1 heteroatoms. The van der Waals surface area contributed by atoms with Crippen molar-refractivity contribution in [2.75, 3.05) is 0 Å². The van der Waals surface area contributed by atoms with Crippen LogP contribution >= 0.6 is 0 Å². The molecule has 0 aliphatic carbocycles. The van der Waals surface area contributed by atoms with Gasteiger partial charge in [0.15, 0.2) is 0 Å². The van der Waals surface area contributed by atoms with Crippen LogP contribution in [0.5, 0.6) is 0 Å². The normalized spacial score (nSPS) is 7.00. The second-order valence-corrected chi connectivity index (χ2v) is 1.05.